The maximum Gasteiger partial charge on any atom is 0.251 e. The summed E-state index contributed by atoms with van der Waals surface area (Å²) >= 11 is 3.43. The molecule has 1 amide bonds. The van der Waals surface area contributed by atoms with Gasteiger partial charge in [-0.05, 0) is 64.2 Å². The second kappa shape index (κ2) is 14.6. The van der Waals surface area contributed by atoms with Crippen molar-refractivity contribution < 1.29 is 19.4 Å². The number of hydrogen-bond acceptors (Lipinski definition) is 7. The molecule has 236 valence electrons. The van der Waals surface area contributed by atoms with E-state index in [2.05, 4.69) is 35.6 Å². The van der Waals surface area contributed by atoms with Gasteiger partial charge >= 0.3 is 0 Å². The summed E-state index contributed by atoms with van der Waals surface area (Å²) in [4.78, 5) is 17.4. The van der Waals surface area contributed by atoms with Crippen LogP contribution in [0.4, 0.5) is 0 Å². The SMILES string of the molecule is O=C(NCc1cccc(-c2cccc([C@@H]3O[C@H](CSc4nc5ccccc5s4)C[C@H](c4ccc(CO)cc4)O3)c2)c1)c1ccccc1. The first kappa shape index (κ1) is 31.3. The van der Waals surface area contributed by atoms with E-state index in [1.807, 2.05) is 97.1 Å². The van der Waals surface area contributed by atoms with Gasteiger partial charge in [-0.3, -0.25) is 4.79 Å². The van der Waals surface area contributed by atoms with Crippen molar-refractivity contribution in [2.45, 2.75) is 42.4 Å². The molecule has 6 aromatic rings. The van der Waals surface area contributed by atoms with Crippen molar-refractivity contribution >= 4 is 39.2 Å². The summed E-state index contributed by atoms with van der Waals surface area (Å²) in [5, 5.41) is 12.6. The van der Waals surface area contributed by atoms with Crippen LogP contribution in [-0.2, 0) is 22.6 Å². The molecule has 0 spiro atoms. The van der Waals surface area contributed by atoms with Crippen LogP contribution in [-0.4, -0.2) is 27.9 Å². The standard InChI is InChI=1S/C39H34N2O4S2/c42-24-26-16-18-28(19-17-26)35-22-33(25-46-39-41-34-14-4-5-15-36(34)47-39)44-38(45-35)32-13-7-12-31(21-32)30-11-6-8-27(20-30)23-40-37(43)29-9-2-1-3-10-29/h1-21,33,35,38,42H,22-25H2,(H,40,43)/t33-,35+,38+/m0/s1. The fourth-order valence-corrected chi connectivity index (χ4v) is 7.81. The number of fused-ring (bicyclic) bond motifs is 1. The zero-order valence-electron chi connectivity index (χ0n) is 25.6. The molecule has 1 aliphatic rings. The molecule has 7 rings (SSSR count). The molecule has 6 nitrogen and oxygen atoms in total. The molecule has 0 radical (unpaired) electrons. The number of ether oxygens (including phenoxy) is 2. The molecule has 5 aromatic carbocycles. The number of hydrogen-bond donors (Lipinski definition) is 2. The lowest BCUT2D eigenvalue weighted by Crippen LogP contribution is -2.31. The van der Waals surface area contributed by atoms with Gasteiger partial charge in [-0.2, -0.15) is 0 Å². The summed E-state index contributed by atoms with van der Waals surface area (Å²) in [5.74, 6) is 0.655. The van der Waals surface area contributed by atoms with Gasteiger partial charge in [0.2, 0.25) is 0 Å². The van der Waals surface area contributed by atoms with E-state index in [4.69, 9.17) is 14.5 Å². The second-order valence-electron chi connectivity index (χ2n) is 11.5. The van der Waals surface area contributed by atoms with Gasteiger partial charge in [-0.1, -0.05) is 103 Å². The monoisotopic (exact) mass is 658 g/mol. The third-order valence-electron chi connectivity index (χ3n) is 8.19. The van der Waals surface area contributed by atoms with Crippen molar-refractivity contribution in [3.8, 4) is 11.1 Å². The predicted molar refractivity (Wildman–Crippen MR) is 188 cm³/mol. The molecule has 2 N–H and O–H groups in total. The van der Waals surface area contributed by atoms with Gasteiger partial charge in [0, 0.05) is 29.8 Å². The van der Waals surface area contributed by atoms with Crippen LogP contribution in [0.2, 0.25) is 0 Å². The number of nitrogens with one attached hydrogen (secondary N) is 1. The highest BCUT2D eigenvalue weighted by Crippen LogP contribution is 2.41. The molecule has 2 heterocycles. The molecule has 0 unspecified atom stereocenters. The van der Waals surface area contributed by atoms with E-state index in [9.17, 15) is 9.90 Å². The first-order valence-corrected chi connectivity index (χ1v) is 17.4. The van der Waals surface area contributed by atoms with Gasteiger partial charge in [0.1, 0.15) is 0 Å². The van der Waals surface area contributed by atoms with Crippen molar-refractivity contribution in [1.82, 2.24) is 10.3 Å². The lowest BCUT2D eigenvalue weighted by Gasteiger charge is -2.36. The lowest BCUT2D eigenvalue weighted by molar-refractivity contribution is -0.245. The Bertz CT molecular complexity index is 1930. The lowest BCUT2D eigenvalue weighted by atomic mass is 9.99. The molecular formula is C39H34N2O4S2. The fraction of sp³-hybridized carbons (Fsp3) is 0.179. The normalized spacial score (nSPS) is 17.9. The van der Waals surface area contributed by atoms with Gasteiger partial charge in [0.25, 0.3) is 5.91 Å². The van der Waals surface area contributed by atoms with E-state index < -0.39 is 6.29 Å². The molecular weight excluding hydrogens is 625 g/mol. The Morgan fingerprint density at radius 2 is 1.57 bits per heavy atom. The third kappa shape index (κ3) is 7.64. The largest absolute Gasteiger partial charge is 0.392 e. The summed E-state index contributed by atoms with van der Waals surface area (Å²) in [6, 6.07) is 41.9. The number of carbonyl (C=O) groups is 1. The highest BCUT2D eigenvalue weighted by atomic mass is 32.2. The molecule has 1 fully saturated rings. The number of aliphatic hydroxyl groups excluding tert-OH is 1. The number of benzene rings is 5. The predicted octanol–water partition coefficient (Wildman–Crippen LogP) is 8.72. The van der Waals surface area contributed by atoms with Gasteiger partial charge in [-0.15, -0.1) is 11.3 Å². The number of aliphatic hydroxyl groups is 1. The van der Waals surface area contributed by atoms with Crippen molar-refractivity contribution in [3.63, 3.8) is 0 Å². The minimum Gasteiger partial charge on any atom is -0.392 e. The molecule has 8 heteroatoms. The molecule has 0 saturated carbocycles. The molecule has 1 aliphatic heterocycles. The third-order valence-corrected chi connectivity index (χ3v) is 10.5. The topological polar surface area (TPSA) is 80.7 Å². The van der Waals surface area contributed by atoms with Crippen LogP contribution in [0.15, 0.2) is 132 Å². The Labute approximate surface area is 282 Å². The van der Waals surface area contributed by atoms with Crippen LogP contribution in [0.25, 0.3) is 21.3 Å². The number of thioether (sulfide) groups is 1. The molecule has 0 aliphatic carbocycles. The quantitative estimate of drug-likeness (QED) is 0.143. The highest BCUT2D eigenvalue weighted by molar-refractivity contribution is 8.01. The zero-order chi connectivity index (χ0) is 32.0. The molecule has 1 saturated heterocycles. The van der Waals surface area contributed by atoms with E-state index in [1.165, 1.54) is 4.70 Å². The van der Waals surface area contributed by atoms with Crippen molar-refractivity contribution in [1.29, 1.82) is 0 Å². The van der Waals surface area contributed by atoms with E-state index in [1.54, 1.807) is 23.1 Å². The Morgan fingerprint density at radius 3 is 2.38 bits per heavy atom. The van der Waals surface area contributed by atoms with E-state index in [0.717, 1.165) is 49.0 Å². The van der Waals surface area contributed by atoms with Gasteiger partial charge in [-0.25, -0.2) is 4.98 Å². The first-order chi connectivity index (χ1) is 23.1. The summed E-state index contributed by atoms with van der Waals surface area (Å²) in [6.07, 6.45) is -0.0692. The molecule has 3 atom stereocenters. The zero-order valence-corrected chi connectivity index (χ0v) is 27.3. The molecule has 0 bridgehead atoms. The van der Waals surface area contributed by atoms with Crippen LogP contribution >= 0.6 is 23.1 Å². The maximum absolute atomic E-state index is 12.6. The number of aromatic nitrogens is 1. The van der Waals surface area contributed by atoms with E-state index in [0.29, 0.717) is 18.5 Å². The Balaban J connectivity index is 1.09. The summed E-state index contributed by atoms with van der Waals surface area (Å²) in [7, 11) is 0. The average Bonchev–Trinajstić information content (AvgIpc) is 3.57. The molecule has 1 aromatic heterocycles. The first-order valence-electron chi connectivity index (χ1n) is 15.6. The number of para-hydroxylation sites is 1. The van der Waals surface area contributed by atoms with Crippen LogP contribution in [0, 0.1) is 0 Å². The van der Waals surface area contributed by atoms with Crippen LogP contribution in [0.3, 0.4) is 0 Å². The number of carbonyl (C=O) groups excluding carboxylic acids is 1. The fourth-order valence-electron chi connectivity index (χ4n) is 5.70. The molecule has 47 heavy (non-hydrogen) atoms. The number of thiazole rings is 1. The van der Waals surface area contributed by atoms with Gasteiger partial charge in [0.15, 0.2) is 10.6 Å². The van der Waals surface area contributed by atoms with Crippen LogP contribution in [0.1, 0.15) is 51.4 Å². The van der Waals surface area contributed by atoms with Gasteiger partial charge < -0.3 is 19.9 Å². The highest BCUT2D eigenvalue weighted by Gasteiger charge is 2.32. The van der Waals surface area contributed by atoms with Crippen LogP contribution in [0.5, 0.6) is 0 Å². The number of rotatable bonds is 10. The number of amides is 1. The minimum atomic E-state index is -0.555. The van der Waals surface area contributed by atoms with Crippen molar-refractivity contribution in [2.24, 2.45) is 0 Å². The van der Waals surface area contributed by atoms with Crippen molar-refractivity contribution in [3.05, 3.63) is 155 Å². The van der Waals surface area contributed by atoms with E-state index >= 15 is 0 Å². The average molecular weight is 659 g/mol. The van der Waals surface area contributed by atoms with E-state index in [-0.39, 0.29) is 24.7 Å². The Morgan fingerprint density at radius 1 is 0.809 bits per heavy atom. The summed E-state index contributed by atoms with van der Waals surface area (Å²) in [5.41, 5.74) is 7.64. The van der Waals surface area contributed by atoms with Crippen molar-refractivity contribution in [2.75, 3.05) is 5.75 Å². The minimum absolute atomic E-state index is 0.00631. The second-order valence-corrected chi connectivity index (χ2v) is 13.8. The van der Waals surface area contributed by atoms with Gasteiger partial charge in [0.05, 0.1) is 29.0 Å². The Hall–Kier alpha value is -4.31. The summed E-state index contributed by atoms with van der Waals surface area (Å²) < 4.78 is 15.5. The number of nitrogens with zero attached hydrogens (tertiary/aromatic N) is 1. The summed E-state index contributed by atoms with van der Waals surface area (Å²) in [6.45, 7) is 0.438. The maximum atomic E-state index is 12.6. The Kier molecular flexibility index (Phi) is 9.74. The van der Waals surface area contributed by atoms with Crippen LogP contribution < -0.4 is 5.32 Å². The smallest absolute Gasteiger partial charge is 0.251 e.